The van der Waals surface area contributed by atoms with Gasteiger partial charge in [-0.3, -0.25) is 0 Å². The van der Waals surface area contributed by atoms with Gasteiger partial charge in [0.2, 0.25) is 0 Å². The van der Waals surface area contributed by atoms with Crippen LogP contribution >= 0.6 is 0 Å². The van der Waals surface area contributed by atoms with Gasteiger partial charge in [-0.15, -0.1) is 0 Å². The SMILES string of the molecule is [CH2]C1CS(=O)(=O)CS1(=O)=O. The average molecular weight is 183 g/mol. The van der Waals surface area contributed by atoms with Crippen molar-refractivity contribution in [2.45, 2.75) is 5.25 Å². The quantitative estimate of drug-likeness (QED) is 0.482. The van der Waals surface area contributed by atoms with Gasteiger partial charge in [-0.1, -0.05) is 0 Å². The zero-order chi connectivity index (χ0) is 7.99. The van der Waals surface area contributed by atoms with Crippen molar-refractivity contribution in [3.05, 3.63) is 6.92 Å². The van der Waals surface area contributed by atoms with Crippen molar-refractivity contribution in [3.8, 4) is 0 Å². The van der Waals surface area contributed by atoms with Crippen LogP contribution in [0.5, 0.6) is 0 Å². The second-order valence-corrected chi connectivity index (χ2v) is 7.07. The summed E-state index contributed by atoms with van der Waals surface area (Å²) in [7, 11) is -6.79. The van der Waals surface area contributed by atoms with Crippen LogP contribution < -0.4 is 0 Å². The first-order valence-corrected chi connectivity index (χ1v) is 6.12. The lowest BCUT2D eigenvalue weighted by atomic mass is 10.6. The molecule has 10 heavy (non-hydrogen) atoms. The van der Waals surface area contributed by atoms with E-state index in [0.717, 1.165) is 0 Å². The number of rotatable bonds is 0. The van der Waals surface area contributed by atoms with Crippen molar-refractivity contribution in [3.63, 3.8) is 0 Å². The van der Waals surface area contributed by atoms with Crippen LogP contribution in [0.1, 0.15) is 0 Å². The van der Waals surface area contributed by atoms with Crippen molar-refractivity contribution in [2.24, 2.45) is 0 Å². The molecule has 4 nitrogen and oxygen atoms in total. The maximum Gasteiger partial charge on any atom is 0.168 e. The third-order valence-electron chi connectivity index (χ3n) is 1.29. The van der Waals surface area contributed by atoms with Crippen molar-refractivity contribution in [2.75, 3.05) is 10.8 Å². The van der Waals surface area contributed by atoms with E-state index in [4.69, 9.17) is 0 Å². The molecule has 1 saturated heterocycles. The first-order valence-electron chi connectivity index (χ1n) is 2.58. The molecule has 1 atom stereocenters. The fraction of sp³-hybridized carbons (Fsp3) is 0.750. The molecular weight excluding hydrogens is 176 g/mol. The predicted octanol–water partition coefficient (Wildman–Crippen LogP) is -1.01. The zero-order valence-electron chi connectivity index (χ0n) is 5.15. The van der Waals surface area contributed by atoms with E-state index in [1.54, 1.807) is 0 Å². The van der Waals surface area contributed by atoms with E-state index in [1.807, 2.05) is 0 Å². The summed E-state index contributed by atoms with van der Waals surface area (Å²) in [5.74, 6) is -0.324. The molecule has 0 aromatic rings. The summed E-state index contributed by atoms with van der Waals surface area (Å²) < 4.78 is 42.7. The number of sulfone groups is 2. The van der Waals surface area contributed by atoms with Crippen molar-refractivity contribution in [1.29, 1.82) is 0 Å². The topological polar surface area (TPSA) is 68.3 Å². The standard InChI is InChI=1S/C4H7O4S2/c1-4-2-9(5,6)3-10(4,7)8/h4H,1-3H2. The number of hydrogen-bond acceptors (Lipinski definition) is 4. The predicted molar refractivity (Wildman–Crippen MR) is 36.7 cm³/mol. The van der Waals surface area contributed by atoms with Gasteiger partial charge < -0.3 is 0 Å². The van der Waals surface area contributed by atoms with Gasteiger partial charge in [0, 0.05) is 0 Å². The lowest BCUT2D eigenvalue weighted by Crippen LogP contribution is -2.13. The minimum Gasteiger partial charge on any atom is -0.228 e. The lowest BCUT2D eigenvalue weighted by Gasteiger charge is -1.93. The Labute approximate surface area is 60.1 Å². The summed E-state index contributed by atoms with van der Waals surface area (Å²) >= 11 is 0. The Hall–Kier alpha value is -0.100. The van der Waals surface area contributed by atoms with Gasteiger partial charge in [0.1, 0.15) is 0 Å². The molecule has 59 valence electrons. The van der Waals surface area contributed by atoms with Crippen LogP contribution in [0, 0.1) is 6.92 Å². The van der Waals surface area contributed by atoms with Gasteiger partial charge in [-0.2, -0.15) is 0 Å². The van der Waals surface area contributed by atoms with E-state index in [2.05, 4.69) is 6.92 Å². The summed E-state index contributed by atoms with van der Waals surface area (Å²) in [5.41, 5.74) is 0. The monoisotopic (exact) mass is 183 g/mol. The van der Waals surface area contributed by atoms with Crippen LogP contribution in [-0.2, 0) is 19.7 Å². The van der Waals surface area contributed by atoms with Crippen LogP contribution in [0.3, 0.4) is 0 Å². The first kappa shape index (κ1) is 8.00. The molecule has 0 aliphatic carbocycles. The van der Waals surface area contributed by atoms with Crippen molar-refractivity contribution >= 4 is 19.7 Å². The van der Waals surface area contributed by atoms with Gasteiger partial charge in [0.15, 0.2) is 24.8 Å². The summed E-state index contributed by atoms with van der Waals surface area (Å²) in [5, 5.41) is -1.69. The molecule has 1 aliphatic heterocycles. The molecule has 6 heteroatoms. The molecule has 1 aliphatic rings. The van der Waals surface area contributed by atoms with E-state index < -0.39 is 30.0 Å². The molecular formula is C4H7O4S2. The van der Waals surface area contributed by atoms with E-state index in [0.29, 0.717) is 0 Å². The van der Waals surface area contributed by atoms with E-state index in [-0.39, 0.29) is 5.75 Å². The second kappa shape index (κ2) is 1.94. The van der Waals surface area contributed by atoms with Gasteiger partial charge >= 0.3 is 0 Å². The first-order chi connectivity index (χ1) is 4.33. The normalized spacial score (nSPS) is 35.9. The lowest BCUT2D eigenvalue weighted by molar-refractivity contribution is 0.597. The maximum absolute atomic E-state index is 10.7. The number of hydrogen-bond donors (Lipinski definition) is 0. The van der Waals surface area contributed by atoms with Crippen LogP contribution in [0.15, 0.2) is 0 Å². The Kier molecular flexibility index (Phi) is 1.56. The molecule has 0 aromatic heterocycles. The fourth-order valence-electron chi connectivity index (χ4n) is 0.782. The molecule has 0 bridgehead atoms. The molecule has 1 radical (unpaired) electrons. The summed E-state index contributed by atoms with van der Waals surface area (Å²) in [6.45, 7) is 3.22. The maximum atomic E-state index is 10.7. The minimum absolute atomic E-state index is 0.324. The van der Waals surface area contributed by atoms with Crippen molar-refractivity contribution in [1.82, 2.24) is 0 Å². The molecule has 0 amide bonds. The molecule has 0 aromatic carbocycles. The minimum atomic E-state index is -3.43. The van der Waals surface area contributed by atoms with Crippen LogP contribution in [0.2, 0.25) is 0 Å². The highest BCUT2D eigenvalue weighted by atomic mass is 32.3. The molecule has 1 heterocycles. The van der Waals surface area contributed by atoms with E-state index in [9.17, 15) is 16.8 Å². The van der Waals surface area contributed by atoms with Crippen LogP contribution in [-0.4, -0.2) is 32.9 Å². The summed E-state index contributed by atoms with van der Waals surface area (Å²) in [6.07, 6.45) is 0. The Balaban J connectivity index is 3.16. The van der Waals surface area contributed by atoms with Crippen molar-refractivity contribution < 1.29 is 16.8 Å². The third-order valence-corrected chi connectivity index (χ3v) is 6.35. The zero-order valence-corrected chi connectivity index (χ0v) is 6.78. The smallest absolute Gasteiger partial charge is 0.168 e. The highest BCUT2D eigenvalue weighted by Crippen LogP contribution is 2.16. The van der Waals surface area contributed by atoms with Gasteiger partial charge in [0.05, 0.1) is 11.0 Å². The Morgan fingerprint density at radius 2 is 1.70 bits per heavy atom. The van der Waals surface area contributed by atoms with Crippen LogP contribution in [0.25, 0.3) is 0 Å². The molecule has 1 rings (SSSR count). The molecule has 1 fully saturated rings. The van der Waals surface area contributed by atoms with E-state index in [1.165, 1.54) is 0 Å². The Morgan fingerprint density at radius 1 is 1.20 bits per heavy atom. The summed E-state index contributed by atoms with van der Waals surface area (Å²) in [6, 6.07) is 0. The van der Waals surface area contributed by atoms with Gasteiger partial charge in [0.25, 0.3) is 0 Å². The molecule has 0 N–H and O–H groups in total. The van der Waals surface area contributed by atoms with Crippen LogP contribution in [0.4, 0.5) is 0 Å². The average Bonchev–Trinajstić information content (AvgIpc) is 1.73. The second-order valence-electron chi connectivity index (χ2n) is 2.31. The molecule has 0 spiro atoms. The van der Waals surface area contributed by atoms with E-state index >= 15 is 0 Å². The molecule has 1 unspecified atom stereocenters. The third kappa shape index (κ3) is 1.32. The highest BCUT2D eigenvalue weighted by Gasteiger charge is 2.38. The Morgan fingerprint density at radius 3 is 1.80 bits per heavy atom. The van der Waals surface area contributed by atoms with Gasteiger partial charge in [-0.25, -0.2) is 16.8 Å². The molecule has 0 saturated carbocycles. The highest BCUT2D eigenvalue weighted by molar-refractivity contribution is 8.11. The Bertz CT molecular complexity index is 322. The van der Waals surface area contributed by atoms with Gasteiger partial charge in [-0.05, 0) is 6.92 Å². The fourth-order valence-corrected chi connectivity index (χ4v) is 5.96. The summed E-state index contributed by atoms with van der Waals surface area (Å²) in [4.78, 5) is 0. The largest absolute Gasteiger partial charge is 0.228 e.